The lowest BCUT2D eigenvalue weighted by atomic mass is 10.0. The monoisotopic (exact) mass is 272 g/mol. The molecular weight excluding hydrogens is 255 g/mol. The van der Waals surface area contributed by atoms with Crippen molar-refractivity contribution in [2.45, 2.75) is 6.04 Å². The highest BCUT2D eigenvalue weighted by atomic mass is 35.5. The van der Waals surface area contributed by atoms with Gasteiger partial charge in [-0.2, -0.15) is 0 Å². The Kier molecular flexibility index (Phi) is 5.59. The molecule has 0 saturated carbocycles. The number of piperazine rings is 1. The highest BCUT2D eigenvalue weighted by Gasteiger charge is 2.22. The predicted octanol–water partition coefficient (Wildman–Crippen LogP) is 2.09. The molecule has 0 spiro atoms. The summed E-state index contributed by atoms with van der Waals surface area (Å²) in [6, 6.07) is 3.90. The number of phenols is 1. The summed E-state index contributed by atoms with van der Waals surface area (Å²) in [5.74, 6) is -0.213. The van der Waals surface area contributed by atoms with Crippen molar-refractivity contribution in [3.63, 3.8) is 0 Å². The van der Waals surface area contributed by atoms with Crippen molar-refractivity contribution in [2.24, 2.45) is 0 Å². The van der Waals surface area contributed by atoms with E-state index in [1.807, 2.05) is 0 Å². The van der Waals surface area contributed by atoms with Gasteiger partial charge in [-0.05, 0) is 18.2 Å². The van der Waals surface area contributed by atoms with Crippen LogP contribution in [0.2, 0.25) is 0 Å². The maximum absolute atomic E-state index is 13.2. The van der Waals surface area contributed by atoms with Crippen molar-refractivity contribution >= 4 is 12.4 Å². The molecule has 5 heteroatoms. The summed E-state index contributed by atoms with van der Waals surface area (Å²) in [7, 11) is 0. The molecule has 3 nitrogen and oxygen atoms in total. The number of nitrogens with zero attached hydrogens (tertiary/aromatic N) is 1. The third-order valence-electron chi connectivity index (χ3n) is 3.08. The Morgan fingerprint density at radius 1 is 1.39 bits per heavy atom. The minimum atomic E-state index is -0.334. The molecular formula is C13H18ClFN2O. The Bertz CT molecular complexity index is 408. The Labute approximate surface area is 113 Å². The average molecular weight is 273 g/mol. The van der Waals surface area contributed by atoms with E-state index in [1.165, 1.54) is 18.2 Å². The topological polar surface area (TPSA) is 35.5 Å². The normalized spacial score (nSPS) is 17.8. The van der Waals surface area contributed by atoms with E-state index < -0.39 is 0 Å². The Hall–Kier alpha value is -1.10. The van der Waals surface area contributed by atoms with Crippen LogP contribution in [0.4, 0.5) is 4.39 Å². The molecule has 0 unspecified atom stereocenters. The van der Waals surface area contributed by atoms with Gasteiger partial charge in [0, 0.05) is 31.7 Å². The van der Waals surface area contributed by atoms with Crippen molar-refractivity contribution < 1.29 is 9.50 Å². The third-order valence-corrected chi connectivity index (χ3v) is 3.08. The van der Waals surface area contributed by atoms with E-state index in [0.29, 0.717) is 5.56 Å². The number of halogens is 2. The molecule has 1 heterocycles. The quantitative estimate of drug-likeness (QED) is 0.827. The zero-order valence-electron chi connectivity index (χ0n) is 10.1. The van der Waals surface area contributed by atoms with E-state index in [2.05, 4.69) is 16.8 Å². The molecule has 2 rings (SSSR count). The van der Waals surface area contributed by atoms with E-state index in [1.54, 1.807) is 6.08 Å². The van der Waals surface area contributed by atoms with Gasteiger partial charge in [-0.3, -0.25) is 4.90 Å². The summed E-state index contributed by atoms with van der Waals surface area (Å²) in [4.78, 5) is 2.18. The van der Waals surface area contributed by atoms with Gasteiger partial charge in [0.2, 0.25) is 0 Å². The molecule has 0 aliphatic carbocycles. The fourth-order valence-corrected chi connectivity index (χ4v) is 2.20. The molecule has 0 bridgehead atoms. The molecule has 18 heavy (non-hydrogen) atoms. The second-order valence-electron chi connectivity index (χ2n) is 4.17. The van der Waals surface area contributed by atoms with E-state index in [4.69, 9.17) is 0 Å². The smallest absolute Gasteiger partial charge is 0.123 e. The number of hydrogen-bond donors (Lipinski definition) is 2. The SMILES string of the molecule is C=C[C@H](c1cc(F)ccc1O)N1CCNCC1.Cl. The van der Waals surface area contributed by atoms with Gasteiger partial charge in [0.05, 0.1) is 6.04 Å². The predicted molar refractivity (Wildman–Crippen MR) is 72.7 cm³/mol. The number of benzene rings is 1. The minimum Gasteiger partial charge on any atom is -0.508 e. The number of nitrogens with one attached hydrogen (secondary N) is 1. The number of phenolic OH excluding ortho intramolecular Hbond substituents is 1. The summed E-state index contributed by atoms with van der Waals surface area (Å²) < 4.78 is 13.2. The zero-order chi connectivity index (χ0) is 12.3. The molecule has 100 valence electrons. The standard InChI is InChI=1S/C13H17FN2O.ClH/c1-2-12(16-7-5-15-6-8-16)11-9-10(14)3-4-13(11)17;/h2-4,9,12,15,17H,1,5-8H2;1H/t12-;/m1./s1. The van der Waals surface area contributed by atoms with Crippen LogP contribution >= 0.6 is 12.4 Å². The van der Waals surface area contributed by atoms with E-state index in [9.17, 15) is 9.50 Å². The lowest BCUT2D eigenvalue weighted by molar-refractivity contribution is 0.200. The fraction of sp³-hybridized carbons (Fsp3) is 0.385. The molecule has 2 N–H and O–H groups in total. The van der Waals surface area contributed by atoms with Crippen LogP contribution in [-0.2, 0) is 0 Å². The van der Waals surface area contributed by atoms with Crippen LogP contribution in [0.25, 0.3) is 0 Å². The molecule has 1 saturated heterocycles. The number of rotatable bonds is 3. The second kappa shape index (κ2) is 6.73. The highest BCUT2D eigenvalue weighted by Crippen LogP contribution is 2.30. The van der Waals surface area contributed by atoms with Crippen molar-refractivity contribution in [3.05, 3.63) is 42.2 Å². The van der Waals surface area contributed by atoms with Gasteiger partial charge in [0.15, 0.2) is 0 Å². The summed E-state index contributed by atoms with van der Waals surface area (Å²) in [6.07, 6.45) is 1.75. The van der Waals surface area contributed by atoms with Crippen molar-refractivity contribution in [1.82, 2.24) is 10.2 Å². The second-order valence-corrected chi connectivity index (χ2v) is 4.17. The molecule has 1 aliphatic heterocycles. The van der Waals surface area contributed by atoms with Gasteiger partial charge in [-0.15, -0.1) is 19.0 Å². The van der Waals surface area contributed by atoms with E-state index in [0.717, 1.165) is 26.2 Å². The number of hydrogen-bond acceptors (Lipinski definition) is 3. The van der Waals surface area contributed by atoms with Crippen LogP contribution in [0.5, 0.6) is 5.75 Å². The summed E-state index contributed by atoms with van der Waals surface area (Å²) in [6.45, 7) is 7.33. The van der Waals surface area contributed by atoms with Crippen LogP contribution in [0, 0.1) is 5.82 Å². The van der Waals surface area contributed by atoms with Crippen LogP contribution in [0.3, 0.4) is 0 Å². The molecule has 1 atom stereocenters. The van der Waals surface area contributed by atoms with E-state index >= 15 is 0 Å². The molecule has 1 aromatic carbocycles. The van der Waals surface area contributed by atoms with Gasteiger partial charge in [0.1, 0.15) is 11.6 Å². The maximum Gasteiger partial charge on any atom is 0.123 e. The Balaban J connectivity index is 0.00000162. The molecule has 0 radical (unpaired) electrons. The van der Waals surface area contributed by atoms with Crippen molar-refractivity contribution in [3.8, 4) is 5.75 Å². The zero-order valence-corrected chi connectivity index (χ0v) is 10.9. The summed E-state index contributed by atoms with van der Waals surface area (Å²) in [5, 5.41) is 13.1. The van der Waals surface area contributed by atoms with Crippen LogP contribution < -0.4 is 5.32 Å². The van der Waals surface area contributed by atoms with Gasteiger partial charge < -0.3 is 10.4 Å². The van der Waals surface area contributed by atoms with Crippen molar-refractivity contribution in [1.29, 1.82) is 0 Å². The van der Waals surface area contributed by atoms with Crippen LogP contribution in [-0.4, -0.2) is 36.2 Å². The maximum atomic E-state index is 13.2. The van der Waals surface area contributed by atoms with Crippen molar-refractivity contribution in [2.75, 3.05) is 26.2 Å². The largest absolute Gasteiger partial charge is 0.508 e. The Morgan fingerprint density at radius 3 is 2.67 bits per heavy atom. The number of aromatic hydroxyl groups is 1. The van der Waals surface area contributed by atoms with E-state index in [-0.39, 0.29) is 30.0 Å². The van der Waals surface area contributed by atoms with Gasteiger partial charge in [0.25, 0.3) is 0 Å². The van der Waals surface area contributed by atoms with Gasteiger partial charge >= 0.3 is 0 Å². The average Bonchev–Trinajstić information content (AvgIpc) is 2.36. The lowest BCUT2D eigenvalue weighted by Crippen LogP contribution is -2.44. The highest BCUT2D eigenvalue weighted by molar-refractivity contribution is 5.85. The first kappa shape index (κ1) is 15.0. The lowest BCUT2D eigenvalue weighted by Gasteiger charge is -2.33. The first-order valence-corrected chi connectivity index (χ1v) is 5.78. The fourth-order valence-electron chi connectivity index (χ4n) is 2.20. The molecule has 0 aromatic heterocycles. The Morgan fingerprint density at radius 2 is 2.06 bits per heavy atom. The molecule has 0 amide bonds. The van der Waals surface area contributed by atoms with Gasteiger partial charge in [-0.25, -0.2) is 4.39 Å². The molecule has 1 aromatic rings. The summed E-state index contributed by atoms with van der Waals surface area (Å²) in [5.41, 5.74) is 0.585. The minimum absolute atomic E-state index is 0. The third kappa shape index (κ3) is 3.22. The van der Waals surface area contributed by atoms with Crippen LogP contribution in [0.15, 0.2) is 30.9 Å². The first-order valence-electron chi connectivity index (χ1n) is 5.78. The first-order chi connectivity index (χ1) is 8.22. The van der Waals surface area contributed by atoms with Gasteiger partial charge in [-0.1, -0.05) is 6.08 Å². The van der Waals surface area contributed by atoms with Crippen LogP contribution in [0.1, 0.15) is 11.6 Å². The summed E-state index contributed by atoms with van der Waals surface area (Å²) >= 11 is 0. The molecule has 1 fully saturated rings. The molecule has 1 aliphatic rings.